The first-order valence-corrected chi connectivity index (χ1v) is 12.3. The molecule has 6 nitrogen and oxygen atoms in total. The van der Waals surface area contributed by atoms with E-state index in [4.69, 9.17) is 23.7 Å². The van der Waals surface area contributed by atoms with Crippen LogP contribution < -0.4 is 9.47 Å². The van der Waals surface area contributed by atoms with Crippen LogP contribution in [0.25, 0.3) is 0 Å². The van der Waals surface area contributed by atoms with Gasteiger partial charge in [-0.1, -0.05) is 20.8 Å². The number of aromatic hydroxyl groups is 1. The molecule has 0 spiro atoms. The molecule has 8 unspecified atom stereocenters. The molecule has 0 saturated carbocycles. The first kappa shape index (κ1) is 21.1. The summed E-state index contributed by atoms with van der Waals surface area (Å²) in [5, 5.41) is 11.7. The number of phenolic OH excluding ortho intramolecular Hbond substituents is 1. The normalized spacial score (nSPS) is 46.6. The molecule has 1 N–H and O–H groups in total. The monoisotopic (exact) mass is 444 g/mol. The van der Waals surface area contributed by atoms with E-state index >= 15 is 0 Å². The fraction of sp³-hybridized carbons (Fsp3) is 0.769. The van der Waals surface area contributed by atoms with Crippen LogP contribution in [0.4, 0.5) is 0 Å². The molecule has 5 aliphatic heterocycles. The van der Waals surface area contributed by atoms with Gasteiger partial charge in [-0.2, -0.15) is 0 Å². The number of benzene rings is 1. The summed E-state index contributed by atoms with van der Waals surface area (Å²) in [6.45, 7) is 14.8. The Morgan fingerprint density at radius 2 is 1.31 bits per heavy atom. The number of rotatable bonds is 1. The van der Waals surface area contributed by atoms with Crippen LogP contribution in [0, 0.1) is 29.6 Å². The molecule has 0 amide bonds. The van der Waals surface area contributed by atoms with E-state index in [0.29, 0.717) is 43.3 Å². The summed E-state index contributed by atoms with van der Waals surface area (Å²) in [5.74, 6) is 1.94. The lowest BCUT2D eigenvalue weighted by Crippen LogP contribution is -2.47. The third-order valence-electron chi connectivity index (χ3n) is 8.97. The second-order valence-corrected chi connectivity index (χ2v) is 11.6. The minimum absolute atomic E-state index is 0.200. The molecule has 0 aliphatic carbocycles. The van der Waals surface area contributed by atoms with Crippen LogP contribution in [-0.4, -0.2) is 36.5 Å². The maximum atomic E-state index is 11.7. The molecule has 32 heavy (non-hydrogen) atoms. The third kappa shape index (κ3) is 2.69. The van der Waals surface area contributed by atoms with E-state index in [1.807, 2.05) is 13.8 Å². The molecule has 3 saturated heterocycles. The number of fused-ring (bicyclic) bond motifs is 5. The largest absolute Gasteiger partial charge is 0.507 e. The van der Waals surface area contributed by atoms with Crippen LogP contribution in [0.2, 0.25) is 0 Å². The van der Waals surface area contributed by atoms with Gasteiger partial charge in [0.1, 0.15) is 17.2 Å². The van der Waals surface area contributed by atoms with Crippen LogP contribution in [-0.2, 0) is 32.7 Å². The summed E-state index contributed by atoms with van der Waals surface area (Å²) in [6.07, 6.45) is 2.37. The molecule has 176 valence electrons. The van der Waals surface area contributed by atoms with Gasteiger partial charge in [0.2, 0.25) is 11.6 Å². The van der Waals surface area contributed by atoms with Gasteiger partial charge in [-0.25, -0.2) is 0 Å². The Bertz CT molecular complexity index is 976. The standard InChI is InChI=1S/C26H36O6/c1-13-9-24(4,28-10-13)20-21(27)16-7-18-14(2)11-29-25(18,5)31-22(16)17-8-19-15(3)12-30-26(19,6)32-23(17)20/h13-15,18-19,27H,7-12H2,1-6H3. The predicted octanol–water partition coefficient (Wildman–Crippen LogP) is 4.53. The van der Waals surface area contributed by atoms with Gasteiger partial charge in [0, 0.05) is 36.8 Å². The van der Waals surface area contributed by atoms with Gasteiger partial charge >= 0.3 is 0 Å². The predicted molar refractivity (Wildman–Crippen MR) is 118 cm³/mol. The van der Waals surface area contributed by atoms with Crippen molar-refractivity contribution >= 4 is 0 Å². The summed E-state index contributed by atoms with van der Waals surface area (Å²) >= 11 is 0. The van der Waals surface area contributed by atoms with Crippen molar-refractivity contribution in [3.05, 3.63) is 16.7 Å². The van der Waals surface area contributed by atoms with Gasteiger partial charge in [0.25, 0.3) is 0 Å². The van der Waals surface area contributed by atoms with Crippen LogP contribution >= 0.6 is 0 Å². The number of hydrogen-bond acceptors (Lipinski definition) is 6. The number of phenols is 1. The van der Waals surface area contributed by atoms with Crippen LogP contribution in [0.3, 0.4) is 0 Å². The van der Waals surface area contributed by atoms with Crippen molar-refractivity contribution in [2.45, 2.75) is 78.0 Å². The zero-order chi connectivity index (χ0) is 22.6. The summed E-state index contributed by atoms with van der Waals surface area (Å²) in [7, 11) is 0. The Balaban J connectivity index is 1.57. The van der Waals surface area contributed by atoms with Gasteiger partial charge in [-0.3, -0.25) is 0 Å². The van der Waals surface area contributed by atoms with Crippen molar-refractivity contribution in [3.63, 3.8) is 0 Å². The quantitative estimate of drug-likeness (QED) is 0.687. The minimum atomic E-state index is -0.706. The van der Waals surface area contributed by atoms with Crippen molar-refractivity contribution in [2.24, 2.45) is 29.6 Å². The lowest BCUT2D eigenvalue weighted by molar-refractivity contribution is -0.175. The van der Waals surface area contributed by atoms with Crippen molar-refractivity contribution in [3.8, 4) is 17.2 Å². The van der Waals surface area contributed by atoms with Gasteiger partial charge in [0.15, 0.2) is 0 Å². The first-order valence-electron chi connectivity index (χ1n) is 12.3. The third-order valence-corrected chi connectivity index (χ3v) is 8.97. The van der Waals surface area contributed by atoms with Crippen LogP contribution in [0.5, 0.6) is 17.2 Å². The fourth-order valence-electron chi connectivity index (χ4n) is 7.09. The van der Waals surface area contributed by atoms with Gasteiger partial charge < -0.3 is 28.8 Å². The zero-order valence-corrected chi connectivity index (χ0v) is 20.1. The highest BCUT2D eigenvalue weighted by atomic mass is 16.7. The maximum absolute atomic E-state index is 11.7. The Hall–Kier alpha value is -1.50. The second kappa shape index (κ2) is 6.55. The van der Waals surface area contributed by atoms with Crippen molar-refractivity contribution in [2.75, 3.05) is 19.8 Å². The molecule has 6 heteroatoms. The molecule has 1 aromatic rings. The number of hydrogen-bond donors (Lipinski definition) is 1. The minimum Gasteiger partial charge on any atom is -0.507 e. The summed E-state index contributed by atoms with van der Waals surface area (Å²) in [4.78, 5) is 0. The molecular weight excluding hydrogens is 408 g/mol. The second-order valence-electron chi connectivity index (χ2n) is 11.6. The Labute approximate surface area is 190 Å². The molecule has 3 fully saturated rings. The molecule has 0 bridgehead atoms. The molecule has 1 aromatic carbocycles. The SMILES string of the molecule is CC1COC(C)(c2c(O)c3c(c4c2OC2(C)OCC(C)C2C4)OC2(C)OCC(C)C2C3)C1. The van der Waals surface area contributed by atoms with E-state index in [1.165, 1.54) is 0 Å². The molecule has 5 heterocycles. The zero-order valence-electron chi connectivity index (χ0n) is 20.1. The average Bonchev–Trinajstić information content (AvgIpc) is 3.33. The van der Waals surface area contributed by atoms with Crippen LogP contribution in [0.1, 0.15) is 64.7 Å². The van der Waals surface area contributed by atoms with E-state index in [0.717, 1.165) is 41.7 Å². The molecular formula is C26H36O6. The smallest absolute Gasteiger partial charge is 0.211 e. The van der Waals surface area contributed by atoms with Gasteiger partial charge in [-0.15, -0.1) is 0 Å². The summed E-state index contributed by atoms with van der Waals surface area (Å²) < 4.78 is 32.0. The Morgan fingerprint density at radius 3 is 1.88 bits per heavy atom. The summed E-state index contributed by atoms with van der Waals surface area (Å²) in [5.41, 5.74) is 2.10. The highest BCUT2D eigenvalue weighted by Crippen LogP contribution is 2.60. The van der Waals surface area contributed by atoms with E-state index in [2.05, 4.69) is 27.7 Å². The maximum Gasteiger partial charge on any atom is 0.211 e. The molecule has 5 aliphatic rings. The van der Waals surface area contributed by atoms with E-state index < -0.39 is 17.2 Å². The lowest BCUT2D eigenvalue weighted by atomic mass is 9.75. The highest BCUT2D eigenvalue weighted by Gasteiger charge is 2.57. The fourth-order valence-corrected chi connectivity index (χ4v) is 7.09. The van der Waals surface area contributed by atoms with Crippen molar-refractivity contribution in [1.29, 1.82) is 0 Å². The molecule has 6 rings (SSSR count). The van der Waals surface area contributed by atoms with E-state index in [1.54, 1.807) is 0 Å². The molecule has 0 aromatic heterocycles. The van der Waals surface area contributed by atoms with Gasteiger partial charge in [0.05, 0.1) is 31.0 Å². The van der Waals surface area contributed by atoms with Crippen molar-refractivity contribution < 1.29 is 28.8 Å². The first-order chi connectivity index (χ1) is 15.0. The highest BCUT2D eigenvalue weighted by molar-refractivity contribution is 5.66. The Kier molecular flexibility index (Phi) is 4.31. The van der Waals surface area contributed by atoms with Crippen LogP contribution in [0.15, 0.2) is 0 Å². The average molecular weight is 445 g/mol. The van der Waals surface area contributed by atoms with E-state index in [9.17, 15) is 5.11 Å². The number of ether oxygens (including phenoxy) is 5. The summed E-state index contributed by atoms with van der Waals surface area (Å²) in [6, 6.07) is 0. The van der Waals surface area contributed by atoms with Gasteiger partial charge in [-0.05, 0) is 43.9 Å². The lowest BCUT2D eigenvalue weighted by Gasteiger charge is -2.45. The topological polar surface area (TPSA) is 66.4 Å². The van der Waals surface area contributed by atoms with E-state index in [-0.39, 0.29) is 17.6 Å². The molecule has 0 radical (unpaired) electrons. The Morgan fingerprint density at radius 1 is 0.750 bits per heavy atom. The molecule has 8 atom stereocenters. The van der Waals surface area contributed by atoms with Crippen molar-refractivity contribution in [1.82, 2.24) is 0 Å².